The molecule has 1 aromatic rings. The molecule has 5 heteroatoms. The molecule has 0 spiro atoms. The van der Waals surface area contributed by atoms with Gasteiger partial charge >= 0.3 is 0 Å². The van der Waals surface area contributed by atoms with Crippen LogP contribution in [0, 0.1) is 5.92 Å². The molecule has 1 fully saturated rings. The summed E-state index contributed by atoms with van der Waals surface area (Å²) >= 11 is 0. The van der Waals surface area contributed by atoms with E-state index in [0.717, 1.165) is 31.7 Å². The molecule has 1 aliphatic heterocycles. The van der Waals surface area contributed by atoms with E-state index in [1.165, 1.54) is 0 Å². The van der Waals surface area contributed by atoms with Gasteiger partial charge in [0.25, 0.3) is 5.91 Å². The molecule has 0 bridgehead atoms. The summed E-state index contributed by atoms with van der Waals surface area (Å²) in [4.78, 5) is 14.1. The van der Waals surface area contributed by atoms with Crippen LogP contribution in [0.4, 0.5) is 0 Å². The van der Waals surface area contributed by atoms with Crippen LogP contribution >= 0.6 is 0 Å². The zero-order chi connectivity index (χ0) is 15.2. The summed E-state index contributed by atoms with van der Waals surface area (Å²) in [6.45, 7) is 3.59. The van der Waals surface area contributed by atoms with Crippen LogP contribution in [-0.2, 0) is 4.79 Å². The summed E-state index contributed by atoms with van der Waals surface area (Å²) in [6.07, 6.45) is 2.11. The number of ether oxygens (including phenoxy) is 2. The molecule has 1 heterocycles. The van der Waals surface area contributed by atoms with E-state index < -0.39 is 0 Å². The molecule has 2 atom stereocenters. The third-order valence-corrected chi connectivity index (χ3v) is 3.96. The molecule has 1 saturated heterocycles. The van der Waals surface area contributed by atoms with Crippen molar-refractivity contribution in [3.8, 4) is 11.5 Å². The maximum atomic E-state index is 12.2. The minimum absolute atomic E-state index is 0.0168. The van der Waals surface area contributed by atoms with E-state index in [0.29, 0.717) is 11.7 Å². The molecule has 0 radical (unpaired) electrons. The molecule has 1 aromatic carbocycles. The Labute approximate surface area is 126 Å². The van der Waals surface area contributed by atoms with E-state index in [-0.39, 0.29) is 18.6 Å². The Balaban J connectivity index is 1.86. The van der Waals surface area contributed by atoms with Crippen molar-refractivity contribution in [2.45, 2.75) is 25.8 Å². The second-order valence-electron chi connectivity index (χ2n) is 5.57. The Morgan fingerprint density at radius 1 is 1.48 bits per heavy atom. The van der Waals surface area contributed by atoms with E-state index in [1.807, 2.05) is 30.0 Å². The number of amides is 1. The van der Waals surface area contributed by atoms with Crippen LogP contribution < -0.4 is 15.2 Å². The maximum Gasteiger partial charge on any atom is 0.260 e. The molecule has 116 valence electrons. The minimum Gasteiger partial charge on any atom is -0.497 e. The molecule has 5 nitrogen and oxygen atoms in total. The fraction of sp³-hybridized carbons (Fsp3) is 0.562. The Morgan fingerprint density at radius 2 is 2.24 bits per heavy atom. The van der Waals surface area contributed by atoms with Gasteiger partial charge in [0.2, 0.25) is 0 Å². The molecule has 0 aliphatic carbocycles. The molecule has 1 amide bonds. The zero-order valence-electron chi connectivity index (χ0n) is 12.7. The third kappa shape index (κ3) is 4.36. The second-order valence-corrected chi connectivity index (χ2v) is 5.57. The number of methoxy groups -OCH3 is 1. The largest absolute Gasteiger partial charge is 0.497 e. The van der Waals surface area contributed by atoms with Gasteiger partial charge in [0, 0.05) is 25.2 Å². The Bertz CT molecular complexity index is 476. The Morgan fingerprint density at radius 3 is 2.95 bits per heavy atom. The van der Waals surface area contributed by atoms with Gasteiger partial charge in [-0.25, -0.2) is 0 Å². The van der Waals surface area contributed by atoms with Crippen LogP contribution in [-0.4, -0.2) is 43.7 Å². The standard InChI is InChI=1S/C16H24N2O3/c1-12(17)13-5-4-8-18(10-13)16(19)11-21-15-7-3-6-14(9-15)20-2/h3,6-7,9,12-13H,4-5,8,10-11,17H2,1-2H3/t12-,13+/m0/s1. The van der Waals surface area contributed by atoms with Gasteiger partial charge in [0.1, 0.15) is 11.5 Å². The first-order valence-electron chi connectivity index (χ1n) is 7.40. The number of hydrogen-bond donors (Lipinski definition) is 1. The summed E-state index contributed by atoms with van der Waals surface area (Å²) in [5.74, 6) is 1.76. The highest BCUT2D eigenvalue weighted by Gasteiger charge is 2.25. The van der Waals surface area contributed by atoms with Crippen molar-refractivity contribution in [1.29, 1.82) is 0 Å². The fourth-order valence-electron chi connectivity index (χ4n) is 2.59. The van der Waals surface area contributed by atoms with E-state index in [1.54, 1.807) is 13.2 Å². The van der Waals surface area contributed by atoms with Gasteiger partial charge in [0.05, 0.1) is 7.11 Å². The lowest BCUT2D eigenvalue weighted by atomic mass is 9.92. The molecule has 21 heavy (non-hydrogen) atoms. The fourth-order valence-corrected chi connectivity index (χ4v) is 2.59. The second kappa shape index (κ2) is 7.31. The number of nitrogens with two attached hydrogens (primary N) is 1. The third-order valence-electron chi connectivity index (χ3n) is 3.96. The van der Waals surface area contributed by atoms with Gasteiger partial charge in [-0.15, -0.1) is 0 Å². The molecule has 0 unspecified atom stereocenters. The number of likely N-dealkylation sites (tertiary alicyclic amines) is 1. The summed E-state index contributed by atoms with van der Waals surface area (Å²) in [7, 11) is 1.60. The number of carbonyl (C=O) groups excluding carboxylic acids is 1. The van der Waals surface area contributed by atoms with Gasteiger partial charge in [-0.05, 0) is 37.8 Å². The lowest BCUT2D eigenvalue weighted by molar-refractivity contribution is -0.135. The van der Waals surface area contributed by atoms with Crippen LogP contribution in [0.25, 0.3) is 0 Å². The lowest BCUT2D eigenvalue weighted by Gasteiger charge is -2.34. The van der Waals surface area contributed by atoms with Crippen LogP contribution in [0.3, 0.4) is 0 Å². The predicted octanol–water partition coefficient (Wildman–Crippen LogP) is 1.66. The maximum absolute atomic E-state index is 12.2. The first kappa shape index (κ1) is 15.6. The Hall–Kier alpha value is -1.75. The SMILES string of the molecule is COc1cccc(OCC(=O)N2CCC[C@@H]([C@H](C)N)C2)c1. The van der Waals surface area contributed by atoms with Crippen LogP contribution in [0.2, 0.25) is 0 Å². The molecular formula is C16H24N2O3. The minimum atomic E-state index is 0.0168. The van der Waals surface area contributed by atoms with Gasteiger partial charge in [-0.2, -0.15) is 0 Å². The summed E-state index contributed by atoms with van der Waals surface area (Å²) < 4.78 is 10.7. The van der Waals surface area contributed by atoms with Crippen LogP contribution in [0.5, 0.6) is 11.5 Å². The van der Waals surface area contributed by atoms with Crippen molar-refractivity contribution in [2.75, 3.05) is 26.8 Å². The van der Waals surface area contributed by atoms with Crippen molar-refractivity contribution in [3.05, 3.63) is 24.3 Å². The average Bonchev–Trinajstić information content (AvgIpc) is 2.53. The van der Waals surface area contributed by atoms with Crippen molar-refractivity contribution < 1.29 is 14.3 Å². The molecular weight excluding hydrogens is 268 g/mol. The highest BCUT2D eigenvalue weighted by Crippen LogP contribution is 2.21. The number of nitrogens with zero attached hydrogens (tertiary/aromatic N) is 1. The van der Waals surface area contributed by atoms with Crippen molar-refractivity contribution in [3.63, 3.8) is 0 Å². The molecule has 0 aromatic heterocycles. The summed E-state index contributed by atoms with van der Waals surface area (Å²) in [5.41, 5.74) is 5.94. The highest BCUT2D eigenvalue weighted by atomic mass is 16.5. The molecule has 2 rings (SSSR count). The van der Waals surface area contributed by atoms with Crippen LogP contribution in [0.15, 0.2) is 24.3 Å². The number of benzene rings is 1. The van der Waals surface area contributed by atoms with Crippen molar-refractivity contribution in [1.82, 2.24) is 4.90 Å². The lowest BCUT2D eigenvalue weighted by Crippen LogP contribution is -2.46. The van der Waals surface area contributed by atoms with Crippen molar-refractivity contribution in [2.24, 2.45) is 11.7 Å². The van der Waals surface area contributed by atoms with Gasteiger partial charge in [-0.1, -0.05) is 6.07 Å². The van der Waals surface area contributed by atoms with Gasteiger partial charge in [0.15, 0.2) is 6.61 Å². The topological polar surface area (TPSA) is 64.8 Å². The predicted molar refractivity (Wildman–Crippen MR) is 81.4 cm³/mol. The first-order valence-corrected chi connectivity index (χ1v) is 7.40. The quantitative estimate of drug-likeness (QED) is 0.896. The Kier molecular flexibility index (Phi) is 5.44. The molecule has 2 N–H and O–H groups in total. The van der Waals surface area contributed by atoms with E-state index in [4.69, 9.17) is 15.2 Å². The summed E-state index contributed by atoms with van der Waals surface area (Å²) in [5, 5.41) is 0. The summed E-state index contributed by atoms with van der Waals surface area (Å²) in [6, 6.07) is 7.39. The normalized spacial score (nSPS) is 20.0. The average molecular weight is 292 g/mol. The van der Waals surface area contributed by atoms with E-state index in [2.05, 4.69) is 0 Å². The molecule has 0 saturated carbocycles. The van der Waals surface area contributed by atoms with E-state index in [9.17, 15) is 4.79 Å². The number of rotatable bonds is 5. The smallest absolute Gasteiger partial charge is 0.260 e. The van der Waals surface area contributed by atoms with Crippen LogP contribution in [0.1, 0.15) is 19.8 Å². The number of carbonyl (C=O) groups is 1. The number of hydrogen-bond acceptors (Lipinski definition) is 4. The van der Waals surface area contributed by atoms with Gasteiger partial charge < -0.3 is 20.1 Å². The van der Waals surface area contributed by atoms with Crippen molar-refractivity contribution >= 4 is 5.91 Å². The first-order chi connectivity index (χ1) is 10.1. The highest BCUT2D eigenvalue weighted by molar-refractivity contribution is 5.77. The molecule has 1 aliphatic rings. The number of piperidine rings is 1. The monoisotopic (exact) mass is 292 g/mol. The zero-order valence-corrected chi connectivity index (χ0v) is 12.7. The van der Waals surface area contributed by atoms with Gasteiger partial charge in [-0.3, -0.25) is 4.79 Å². The van der Waals surface area contributed by atoms with E-state index >= 15 is 0 Å².